The van der Waals surface area contributed by atoms with E-state index in [0.717, 1.165) is 47.0 Å². The molecule has 27 heavy (non-hydrogen) atoms. The van der Waals surface area contributed by atoms with Crippen molar-refractivity contribution in [3.05, 3.63) is 41.9 Å². The minimum Gasteiger partial charge on any atom is -0.448 e. The summed E-state index contributed by atoms with van der Waals surface area (Å²) in [5.41, 5.74) is 2.29. The van der Waals surface area contributed by atoms with Crippen LogP contribution in [0.2, 0.25) is 0 Å². The average molecular weight is 397 g/mol. The van der Waals surface area contributed by atoms with Gasteiger partial charge in [0.25, 0.3) is 5.79 Å². The molecule has 1 aliphatic heterocycles. The molecule has 0 radical (unpaired) electrons. The van der Waals surface area contributed by atoms with E-state index >= 15 is 0 Å². The quantitative estimate of drug-likeness (QED) is 0.644. The molecule has 7 nitrogen and oxygen atoms in total. The Balaban J connectivity index is 0.000000376. The van der Waals surface area contributed by atoms with E-state index in [9.17, 15) is 0 Å². The van der Waals surface area contributed by atoms with Crippen LogP contribution in [0, 0.1) is 24.1 Å². The Bertz CT molecular complexity index is 784. The molecule has 2 aliphatic rings. The monoisotopic (exact) mass is 396 g/mol. The van der Waals surface area contributed by atoms with Gasteiger partial charge in [0, 0.05) is 25.0 Å². The third-order valence-electron chi connectivity index (χ3n) is 4.52. The molecule has 1 aromatic heterocycles. The highest BCUT2D eigenvalue weighted by atomic mass is 35.7. The number of hydrogen-bond donors (Lipinski definition) is 0. The number of ether oxygens (including phenoxy) is 2. The predicted molar refractivity (Wildman–Crippen MR) is 85.1 cm³/mol. The second kappa shape index (κ2) is 7.61. The lowest BCUT2D eigenvalue weighted by Crippen LogP contribution is -2.68. The fourth-order valence-corrected chi connectivity index (χ4v) is 3.53. The smallest absolute Gasteiger partial charge is 0.327 e. The summed E-state index contributed by atoms with van der Waals surface area (Å²) in [6, 6.07) is 10.3. The van der Waals surface area contributed by atoms with Gasteiger partial charge < -0.3 is 9.47 Å². The van der Waals surface area contributed by atoms with Gasteiger partial charge in [-0.25, -0.2) is 23.1 Å². The van der Waals surface area contributed by atoms with Gasteiger partial charge in [0.1, 0.15) is 0 Å². The van der Waals surface area contributed by atoms with Crippen molar-refractivity contribution in [1.29, 1.82) is 0 Å². The van der Waals surface area contributed by atoms with Gasteiger partial charge >= 0.3 is 11.5 Å². The molecule has 1 saturated carbocycles. The molecular formula is C19H21ClO7. The number of rotatable bonds is 1. The van der Waals surface area contributed by atoms with Crippen molar-refractivity contribution < 1.29 is 42.8 Å². The molecule has 2 aromatic rings. The maximum absolute atomic E-state index is 8.49. The van der Waals surface area contributed by atoms with Gasteiger partial charge in [0.2, 0.25) is 0 Å². The zero-order valence-electron chi connectivity index (χ0n) is 15.2. The normalized spacial score (nSPS) is 17.4. The zero-order chi connectivity index (χ0) is 19.7. The summed E-state index contributed by atoms with van der Waals surface area (Å²) in [6.07, 6.45) is 5.61. The fourth-order valence-electron chi connectivity index (χ4n) is 3.53. The summed E-state index contributed by atoms with van der Waals surface area (Å²) in [6.45, 7) is 3.95. The van der Waals surface area contributed by atoms with Crippen molar-refractivity contribution in [2.24, 2.45) is 0 Å². The van der Waals surface area contributed by atoms with Crippen LogP contribution in [0.25, 0.3) is 11.1 Å². The van der Waals surface area contributed by atoms with Gasteiger partial charge in [0.05, 0.1) is 13.8 Å². The van der Waals surface area contributed by atoms with E-state index in [0.29, 0.717) is 0 Å². The summed E-state index contributed by atoms with van der Waals surface area (Å²) in [5.74, 6) is 3.17. The molecule has 0 N–H and O–H groups in total. The third kappa shape index (κ3) is 5.31. The summed E-state index contributed by atoms with van der Waals surface area (Å²) >= 11 is 0. The Kier molecular flexibility index (Phi) is 5.60. The van der Waals surface area contributed by atoms with E-state index in [-0.39, 0.29) is 0 Å². The first-order valence-electron chi connectivity index (χ1n) is 8.69. The molecule has 0 unspecified atom stereocenters. The van der Waals surface area contributed by atoms with Crippen LogP contribution in [-0.2, 0) is 0 Å². The molecule has 0 atom stereocenters. The van der Waals surface area contributed by atoms with Gasteiger partial charge in [-0.3, -0.25) is 0 Å². The SMILES string of the molecule is Cc1cc(-c2ccc3c(c2)OC2(CCCCC2)O3)cc(C)[o+]1.[O-][Cl+3]([O-])([O-])[O-]. The first kappa shape index (κ1) is 19.9. The van der Waals surface area contributed by atoms with Crippen LogP contribution in [0.15, 0.2) is 34.7 Å². The first-order valence-corrected chi connectivity index (χ1v) is 9.93. The van der Waals surface area contributed by atoms with Gasteiger partial charge in [-0.15, -0.1) is 10.2 Å². The van der Waals surface area contributed by atoms with Crippen molar-refractivity contribution in [3.63, 3.8) is 0 Å². The second-order valence-electron chi connectivity index (χ2n) is 6.78. The van der Waals surface area contributed by atoms with Crippen LogP contribution < -0.4 is 28.1 Å². The number of aryl methyl sites for hydroxylation is 2. The Hall–Kier alpha value is -1.90. The van der Waals surface area contributed by atoms with Crippen molar-refractivity contribution in [2.45, 2.75) is 51.7 Å². The number of hydrogen-bond acceptors (Lipinski definition) is 6. The summed E-state index contributed by atoms with van der Waals surface area (Å²) in [4.78, 5) is 0. The molecule has 2 heterocycles. The maximum atomic E-state index is 8.49. The van der Waals surface area contributed by atoms with Crippen molar-refractivity contribution in [3.8, 4) is 22.6 Å². The fraction of sp³-hybridized carbons (Fsp3) is 0.421. The molecule has 0 amide bonds. The third-order valence-corrected chi connectivity index (χ3v) is 4.52. The van der Waals surface area contributed by atoms with E-state index in [1.807, 2.05) is 19.9 Å². The topological polar surface area (TPSA) is 122 Å². The molecule has 146 valence electrons. The van der Waals surface area contributed by atoms with E-state index < -0.39 is 16.0 Å². The molecular weight excluding hydrogens is 376 g/mol. The van der Waals surface area contributed by atoms with Crippen molar-refractivity contribution in [1.82, 2.24) is 0 Å². The second-order valence-corrected chi connectivity index (χ2v) is 7.54. The van der Waals surface area contributed by atoms with Gasteiger partial charge in [-0.1, -0.05) is 12.5 Å². The highest BCUT2D eigenvalue weighted by Gasteiger charge is 2.42. The lowest BCUT2D eigenvalue weighted by Gasteiger charge is -2.31. The van der Waals surface area contributed by atoms with Crippen LogP contribution in [0.5, 0.6) is 11.5 Å². The van der Waals surface area contributed by atoms with Crippen LogP contribution >= 0.6 is 0 Å². The van der Waals surface area contributed by atoms with Crippen LogP contribution in [-0.4, -0.2) is 5.79 Å². The molecule has 1 aromatic carbocycles. The molecule has 0 bridgehead atoms. The van der Waals surface area contributed by atoms with Crippen molar-refractivity contribution >= 4 is 0 Å². The minimum atomic E-state index is -4.94. The minimum absolute atomic E-state index is 0.406. The standard InChI is InChI=1S/C19H21O3.ClHO4/c1-13-10-16(11-14(2)20-13)15-6-7-17-18(12-15)22-19(21-17)8-4-3-5-9-19;2-1(3,4)5/h6-7,10-12H,3-5,8-9H2,1-2H3;(H,2,3,4,5)/q+1;/p-1. The van der Waals surface area contributed by atoms with Gasteiger partial charge in [-0.2, -0.15) is 0 Å². The van der Waals surface area contributed by atoms with E-state index in [1.54, 1.807) is 0 Å². The number of benzene rings is 1. The van der Waals surface area contributed by atoms with E-state index in [4.69, 9.17) is 32.5 Å². The summed E-state index contributed by atoms with van der Waals surface area (Å²) < 4.78 is 51.9. The highest BCUT2D eigenvalue weighted by Crippen LogP contribution is 2.46. The molecule has 0 saturated heterocycles. The van der Waals surface area contributed by atoms with Crippen molar-refractivity contribution in [2.75, 3.05) is 0 Å². The Morgan fingerprint density at radius 3 is 1.96 bits per heavy atom. The maximum Gasteiger partial charge on any atom is 0.327 e. The average Bonchev–Trinajstić information content (AvgIpc) is 2.89. The Morgan fingerprint density at radius 2 is 1.37 bits per heavy atom. The van der Waals surface area contributed by atoms with E-state index in [1.165, 1.54) is 19.3 Å². The van der Waals surface area contributed by atoms with Crippen LogP contribution in [0.1, 0.15) is 43.6 Å². The lowest BCUT2D eigenvalue weighted by atomic mass is 9.94. The van der Waals surface area contributed by atoms with Crippen LogP contribution in [0.4, 0.5) is 0 Å². The predicted octanol–water partition coefficient (Wildman–Crippen LogP) is 0.520. The summed E-state index contributed by atoms with van der Waals surface area (Å²) in [5, 5.41) is 0. The molecule has 4 rings (SSSR count). The zero-order valence-corrected chi connectivity index (χ0v) is 15.9. The largest absolute Gasteiger partial charge is 0.448 e. The first-order chi connectivity index (χ1) is 12.6. The Morgan fingerprint density at radius 1 is 0.815 bits per heavy atom. The molecule has 1 spiro atoms. The summed E-state index contributed by atoms with van der Waals surface area (Å²) in [7, 11) is -4.94. The molecule has 1 aliphatic carbocycles. The van der Waals surface area contributed by atoms with Gasteiger partial charge in [0.15, 0.2) is 11.5 Å². The molecule has 8 heteroatoms. The molecule has 1 fully saturated rings. The number of fused-ring (bicyclic) bond motifs is 1. The van der Waals surface area contributed by atoms with E-state index in [2.05, 4.69) is 24.3 Å². The highest BCUT2D eigenvalue weighted by molar-refractivity contribution is 5.68. The van der Waals surface area contributed by atoms with Gasteiger partial charge in [-0.05, 0) is 36.1 Å². The Labute approximate surface area is 159 Å². The van der Waals surface area contributed by atoms with Crippen LogP contribution in [0.3, 0.4) is 0 Å². The number of halogens is 1. The lowest BCUT2D eigenvalue weighted by molar-refractivity contribution is -2.00.